The molecule has 0 aliphatic rings. The van der Waals surface area contributed by atoms with Crippen LogP contribution in [0.1, 0.15) is 5.56 Å². The number of para-hydroxylation sites is 2. The summed E-state index contributed by atoms with van der Waals surface area (Å²) in [5.41, 5.74) is 2.15. The van der Waals surface area contributed by atoms with E-state index in [-0.39, 0.29) is 11.4 Å². The number of hydrogen-bond acceptors (Lipinski definition) is 3. The van der Waals surface area contributed by atoms with Crippen LogP contribution in [0.15, 0.2) is 53.3 Å². The Kier molecular flexibility index (Phi) is 2.62. The van der Waals surface area contributed by atoms with Gasteiger partial charge in [0.1, 0.15) is 5.82 Å². The Morgan fingerprint density at radius 3 is 2.86 bits per heavy atom. The molecule has 2 heterocycles. The number of hydrogen-bond donors (Lipinski definition) is 0. The lowest BCUT2D eigenvalue weighted by Gasteiger charge is -1.91. The molecule has 21 heavy (non-hydrogen) atoms. The molecule has 4 aromatic rings. The maximum Gasteiger partial charge on any atom is 0.274 e. The standard InChI is InChI=1S/C16H9FN2OS/c17-11-5-3-4-10(8-11)9-14-15(20)19-13-7-2-1-6-12(13)18-16(19)21-14/h1-9H/b14-9-. The normalized spacial score (nSPS) is 12.5. The van der Waals surface area contributed by atoms with E-state index in [1.807, 2.05) is 24.3 Å². The lowest BCUT2D eigenvalue weighted by molar-refractivity contribution is 0.627. The predicted octanol–water partition coefficient (Wildman–Crippen LogP) is 2.60. The second kappa shape index (κ2) is 4.49. The van der Waals surface area contributed by atoms with Gasteiger partial charge in [0.15, 0.2) is 4.96 Å². The molecule has 2 aromatic heterocycles. The highest BCUT2D eigenvalue weighted by Gasteiger charge is 2.10. The van der Waals surface area contributed by atoms with Gasteiger partial charge in [-0.05, 0) is 35.9 Å². The predicted molar refractivity (Wildman–Crippen MR) is 82.0 cm³/mol. The quantitative estimate of drug-likeness (QED) is 0.541. The monoisotopic (exact) mass is 296 g/mol. The van der Waals surface area contributed by atoms with Crippen molar-refractivity contribution in [3.8, 4) is 0 Å². The minimum absolute atomic E-state index is 0.118. The summed E-state index contributed by atoms with van der Waals surface area (Å²) in [5, 5.41) is 0. The van der Waals surface area contributed by atoms with E-state index in [1.165, 1.54) is 23.5 Å². The Bertz CT molecular complexity index is 1080. The molecule has 0 bridgehead atoms. The first-order chi connectivity index (χ1) is 10.2. The van der Waals surface area contributed by atoms with Crippen molar-refractivity contribution in [1.82, 2.24) is 9.38 Å². The minimum Gasteiger partial charge on any atom is -0.267 e. The Hall–Kier alpha value is -2.53. The smallest absolute Gasteiger partial charge is 0.267 e. The third-order valence-electron chi connectivity index (χ3n) is 3.29. The zero-order chi connectivity index (χ0) is 14.4. The highest BCUT2D eigenvalue weighted by Crippen LogP contribution is 2.15. The average Bonchev–Trinajstić information content (AvgIpc) is 2.97. The third-order valence-corrected chi connectivity index (χ3v) is 4.26. The molecule has 0 aliphatic carbocycles. The van der Waals surface area contributed by atoms with Crippen molar-refractivity contribution in [2.45, 2.75) is 0 Å². The van der Waals surface area contributed by atoms with Crippen molar-refractivity contribution in [3.63, 3.8) is 0 Å². The number of thiazole rings is 1. The van der Waals surface area contributed by atoms with Crippen LogP contribution in [0.4, 0.5) is 4.39 Å². The largest absolute Gasteiger partial charge is 0.274 e. The summed E-state index contributed by atoms with van der Waals surface area (Å²) in [6.07, 6.45) is 1.69. The van der Waals surface area contributed by atoms with Crippen LogP contribution in [-0.2, 0) is 0 Å². The zero-order valence-electron chi connectivity index (χ0n) is 10.8. The Labute approximate surface area is 122 Å². The maximum absolute atomic E-state index is 13.2. The van der Waals surface area contributed by atoms with Crippen LogP contribution < -0.4 is 10.1 Å². The second-order valence-corrected chi connectivity index (χ2v) is 5.70. The molecule has 2 aromatic carbocycles. The molecule has 0 atom stereocenters. The van der Waals surface area contributed by atoms with Crippen molar-refractivity contribution >= 4 is 33.4 Å². The van der Waals surface area contributed by atoms with Gasteiger partial charge in [-0.25, -0.2) is 13.8 Å². The molecule has 0 saturated carbocycles. The van der Waals surface area contributed by atoms with Gasteiger partial charge in [-0.1, -0.05) is 35.6 Å². The molecule has 0 radical (unpaired) electrons. The molecular formula is C16H9FN2OS. The summed E-state index contributed by atoms with van der Waals surface area (Å²) in [6, 6.07) is 13.7. The molecule has 3 nitrogen and oxygen atoms in total. The molecule has 0 fully saturated rings. The SMILES string of the molecule is O=c1/c(=C/c2cccc(F)c2)sc2nc3ccccc3n12. The van der Waals surface area contributed by atoms with E-state index in [0.717, 1.165) is 11.0 Å². The van der Waals surface area contributed by atoms with Crippen LogP contribution in [0.5, 0.6) is 0 Å². The zero-order valence-corrected chi connectivity index (χ0v) is 11.6. The van der Waals surface area contributed by atoms with Crippen LogP contribution in [0.2, 0.25) is 0 Å². The summed E-state index contributed by atoms with van der Waals surface area (Å²) in [4.78, 5) is 17.6. The van der Waals surface area contributed by atoms with Gasteiger partial charge in [-0.2, -0.15) is 0 Å². The first kappa shape index (κ1) is 12.2. The van der Waals surface area contributed by atoms with Crippen LogP contribution in [0.3, 0.4) is 0 Å². The first-order valence-corrected chi connectivity index (χ1v) is 7.21. The molecule has 0 saturated heterocycles. The van der Waals surface area contributed by atoms with E-state index >= 15 is 0 Å². The summed E-state index contributed by atoms with van der Waals surface area (Å²) in [6.45, 7) is 0. The van der Waals surface area contributed by atoms with Gasteiger partial charge in [0.2, 0.25) is 0 Å². The van der Waals surface area contributed by atoms with Crippen molar-refractivity contribution in [2.24, 2.45) is 0 Å². The first-order valence-electron chi connectivity index (χ1n) is 6.40. The molecular weight excluding hydrogens is 287 g/mol. The van der Waals surface area contributed by atoms with Gasteiger partial charge < -0.3 is 0 Å². The number of rotatable bonds is 1. The highest BCUT2D eigenvalue weighted by atomic mass is 32.1. The van der Waals surface area contributed by atoms with E-state index in [4.69, 9.17) is 0 Å². The van der Waals surface area contributed by atoms with Gasteiger partial charge in [0, 0.05) is 0 Å². The topological polar surface area (TPSA) is 34.4 Å². The van der Waals surface area contributed by atoms with Crippen LogP contribution in [0.25, 0.3) is 22.1 Å². The molecule has 4 rings (SSSR count). The number of aromatic nitrogens is 2. The summed E-state index contributed by atoms with van der Waals surface area (Å²) in [7, 11) is 0. The third kappa shape index (κ3) is 1.94. The average molecular weight is 296 g/mol. The summed E-state index contributed by atoms with van der Waals surface area (Å²) >= 11 is 1.31. The van der Waals surface area contributed by atoms with Crippen LogP contribution in [-0.4, -0.2) is 9.38 Å². The number of fused-ring (bicyclic) bond motifs is 3. The van der Waals surface area contributed by atoms with E-state index in [9.17, 15) is 9.18 Å². The Morgan fingerprint density at radius 1 is 1.14 bits per heavy atom. The molecule has 5 heteroatoms. The minimum atomic E-state index is -0.317. The number of imidazole rings is 1. The number of halogens is 1. The van der Waals surface area contributed by atoms with Gasteiger partial charge >= 0.3 is 0 Å². The Morgan fingerprint density at radius 2 is 2.00 bits per heavy atom. The van der Waals surface area contributed by atoms with Crippen LogP contribution in [0, 0.1) is 5.82 Å². The molecule has 0 amide bonds. The van der Waals surface area contributed by atoms with Crippen molar-refractivity contribution < 1.29 is 4.39 Å². The highest BCUT2D eigenvalue weighted by molar-refractivity contribution is 7.15. The molecule has 0 spiro atoms. The molecule has 0 N–H and O–H groups in total. The fourth-order valence-electron chi connectivity index (χ4n) is 2.36. The van der Waals surface area contributed by atoms with E-state index in [2.05, 4.69) is 4.98 Å². The summed E-state index contributed by atoms with van der Waals surface area (Å²) in [5.74, 6) is -0.317. The summed E-state index contributed by atoms with van der Waals surface area (Å²) < 4.78 is 15.4. The van der Waals surface area contributed by atoms with Gasteiger partial charge in [0.25, 0.3) is 5.56 Å². The number of nitrogens with zero attached hydrogens (tertiary/aromatic N) is 2. The van der Waals surface area contributed by atoms with Crippen LogP contribution >= 0.6 is 11.3 Å². The number of benzene rings is 2. The Balaban J connectivity index is 2.03. The molecule has 0 aliphatic heterocycles. The lowest BCUT2D eigenvalue weighted by Crippen LogP contribution is -2.22. The van der Waals surface area contributed by atoms with Crippen molar-refractivity contribution in [2.75, 3.05) is 0 Å². The van der Waals surface area contributed by atoms with Gasteiger partial charge in [-0.3, -0.25) is 4.79 Å². The van der Waals surface area contributed by atoms with E-state index in [0.29, 0.717) is 15.1 Å². The van der Waals surface area contributed by atoms with Gasteiger partial charge in [-0.15, -0.1) is 0 Å². The fraction of sp³-hybridized carbons (Fsp3) is 0. The second-order valence-electron chi connectivity index (χ2n) is 4.69. The fourth-order valence-corrected chi connectivity index (χ4v) is 3.35. The maximum atomic E-state index is 13.2. The molecule has 0 unspecified atom stereocenters. The van der Waals surface area contributed by atoms with Crippen molar-refractivity contribution in [1.29, 1.82) is 0 Å². The lowest BCUT2D eigenvalue weighted by atomic mass is 10.2. The van der Waals surface area contributed by atoms with E-state index in [1.54, 1.807) is 22.6 Å². The molecule has 102 valence electrons. The van der Waals surface area contributed by atoms with Gasteiger partial charge in [0.05, 0.1) is 15.6 Å². The van der Waals surface area contributed by atoms with Crippen molar-refractivity contribution in [3.05, 3.63) is 74.8 Å². The van der Waals surface area contributed by atoms with E-state index < -0.39 is 0 Å².